The number of ketones is 1. The molecule has 1 spiro atoms. The molecule has 1 aromatic carbocycles. The van der Waals surface area contributed by atoms with E-state index >= 15 is 0 Å². The maximum absolute atomic E-state index is 14.3. The zero-order chi connectivity index (χ0) is 24.3. The molecular weight excluding hydrogens is 413 g/mol. The Morgan fingerprint density at radius 3 is 2.58 bits per heavy atom. The van der Waals surface area contributed by atoms with Crippen molar-refractivity contribution in [2.24, 2.45) is 46.1 Å². The molecule has 1 fully saturated rings. The molecule has 1 aromatic rings. The Morgan fingerprint density at radius 2 is 1.91 bits per heavy atom. The molecule has 4 nitrogen and oxygen atoms in total. The quantitative estimate of drug-likeness (QED) is 0.365. The molecule has 0 amide bonds. The first kappa shape index (κ1) is 23.7. The summed E-state index contributed by atoms with van der Waals surface area (Å²) in [6.07, 6.45) is 7.97. The summed E-state index contributed by atoms with van der Waals surface area (Å²) in [7, 11) is 0. The van der Waals surface area contributed by atoms with Crippen LogP contribution in [0.1, 0.15) is 59.9 Å². The second-order valence-electron chi connectivity index (χ2n) is 11.3. The average Bonchev–Trinajstić information content (AvgIpc) is 2.95. The third-order valence-electron chi connectivity index (χ3n) is 8.99. The number of benzene rings is 1. The van der Waals surface area contributed by atoms with Crippen LogP contribution in [-0.2, 0) is 4.79 Å². The SMILES string of the molecule is CC1=CC2C(=O)C3(C=C(C)C(N(N)/C=C(\N)c4cccc(F)c4)C3C1)[C@H](C)CC(C)C2(C)C. The number of carbonyl (C=O) groups excluding carboxylic acids is 1. The van der Waals surface area contributed by atoms with Crippen LogP contribution < -0.4 is 11.6 Å². The van der Waals surface area contributed by atoms with Gasteiger partial charge in [-0.2, -0.15) is 0 Å². The fraction of sp³-hybridized carbons (Fsp3) is 0.536. The number of fused-ring (bicyclic) bond motifs is 1. The van der Waals surface area contributed by atoms with Gasteiger partial charge in [0.15, 0.2) is 5.78 Å². The summed E-state index contributed by atoms with van der Waals surface area (Å²) < 4.78 is 13.7. The van der Waals surface area contributed by atoms with Crippen molar-refractivity contribution < 1.29 is 9.18 Å². The summed E-state index contributed by atoms with van der Waals surface area (Å²) in [5.74, 6) is 7.20. The van der Waals surface area contributed by atoms with Crippen LogP contribution in [0.4, 0.5) is 4.39 Å². The Hall–Kier alpha value is -2.40. The second kappa shape index (κ2) is 8.12. The summed E-state index contributed by atoms with van der Waals surface area (Å²) in [6.45, 7) is 13.2. The lowest BCUT2D eigenvalue weighted by Crippen LogP contribution is -2.50. The van der Waals surface area contributed by atoms with Crippen molar-refractivity contribution in [3.63, 3.8) is 0 Å². The number of hydrogen-bond acceptors (Lipinski definition) is 4. The standard InChI is InChI=1S/C28H38FN3O/c1-16-10-22-25(32(31)15-24(30)20-8-7-9-21(29)13-20)17(2)14-28(22)19(4)12-18(3)27(5,6)23(11-16)26(28)33/h7-9,11,13-15,18-19,22-23,25H,10,12,30-31H2,1-6H3/b24-15-/t18?,19-,22?,23?,25?,28?/m1/s1. The van der Waals surface area contributed by atoms with Gasteiger partial charge in [-0.3, -0.25) is 4.79 Å². The number of hydrogen-bond donors (Lipinski definition) is 2. The van der Waals surface area contributed by atoms with Crippen LogP contribution in [0, 0.1) is 40.3 Å². The van der Waals surface area contributed by atoms with Crippen LogP contribution in [-0.4, -0.2) is 16.8 Å². The number of allylic oxidation sites excluding steroid dienone is 3. The third kappa shape index (κ3) is 3.65. The van der Waals surface area contributed by atoms with E-state index in [0.29, 0.717) is 23.0 Å². The molecule has 5 unspecified atom stereocenters. The van der Waals surface area contributed by atoms with E-state index in [1.807, 2.05) is 0 Å². The lowest BCUT2D eigenvalue weighted by molar-refractivity contribution is -0.135. The number of nitrogens with two attached hydrogens (primary N) is 2. The summed E-state index contributed by atoms with van der Waals surface area (Å²) >= 11 is 0. The molecule has 1 saturated carbocycles. The lowest BCUT2D eigenvalue weighted by Gasteiger charge is -2.42. The van der Waals surface area contributed by atoms with Gasteiger partial charge in [0.05, 0.1) is 17.2 Å². The molecule has 0 heterocycles. The largest absolute Gasteiger partial charge is 0.397 e. The van der Waals surface area contributed by atoms with E-state index in [2.05, 4.69) is 53.7 Å². The Labute approximate surface area is 197 Å². The van der Waals surface area contributed by atoms with E-state index in [9.17, 15) is 9.18 Å². The van der Waals surface area contributed by atoms with Crippen LogP contribution >= 0.6 is 0 Å². The van der Waals surface area contributed by atoms with E-state index in [1.54, 1.807) is 23.3 Å². The van der Waals surface area contributed by atoms with Gasteiger partial charge in [0.1, 0.15) is 5.82 Å². The van der Waals surface area contributed by atoms with E-state index in [-0.39, 0.29) is 35.0 Å². The summed E-state index contributed by atoms with van der Waals surface area (Å²) in [4.78, 5) is 14.3. The van der Waals surface area contributed by atoms with E-state index < -0.39 is 5.41 Å². The van der Waals surface area contributed by atoms with Crippen LogP contribution in [0.3, 0.4) is 0 Å². The fourth-order valence-corrected chi connectivity index (χ4v) is 6.79. The number of halogens is 1. The van der Waals surface area contributed by atoms with Crippen LogP contribution in [0.25, 0.3) is 5.70 Å². The Morgan fingerprint density at radius 1 is 1.21 bits per heavy atom. The highest BCUT2D eigenvalue weighted by Crippen LogP contribution is 2.60. The molecule has 4 N–H and O–H groups in total. The van der Waals surface area contributed by atoms with Crippen molar-refractivity contribution in [2.75, 3.05) is 0 Å². The van der Waals surface area contributed by atoms with Gasteiger partial charge in [0.2, 0.25) is 0 Å². The van der Waals surface area contributed by atoms with E-state index in [1.165, 1.54) is 17.7 Å². The Kier molecular flexibility index (Phi) is 5.84. The van der Waals surface area contributed by atoms with Gasteiger partial charge in [-0.15, -0.1) is 0 Å². The minimum Gasteiger partial charge on any atom is -0.397 e. The van der Waals surface area contributed by atoms with Gasteiger partial charge in [-0.25, -0.2) is 10.2 Å². The monoisotopic (exact) mass is 451 g/mol. The number of Topliss-reactive ketones (excluding diaryl/α,β-unsaturated/α-hetero) is 1. The minimum absolute atomic E-state index is 0.0314. The zero-order valence-corrected chi connectivity index (χ0v) is 20.7. The van der Waals surface area contributed by atoms with Crippen molar-refractivity contribution in [1.29, 1.82) is 0 Å². The number of hydrazine groups is 1. The van der Waals surface area contributed by atoms with Gasteiger partial charge in [0.25, 0.3) is 0 Å². The summed E-state index contributed by atoms with van der Waals surface area (Å²) in [5, 5.41) is 1.65. The highest BCUT2D eigenvalue weighted by atomic mass is 19.1. The molecule has 0 radical (unpaired) electrons. The van der Waals surface area contributed by atoms with Gasteiger partial charge in [-0.1, -0.05) is 63.1 Å². The topological polar surface area (TPSA) is 72.3 Å². The highest BCUT2D eigenvalue weighted by molar-refractivity contribution is 5.93. The molecule has 3 aliphatic carbocycles. The first-order chi connectivity index (χ1) is 15.4. The van der Waals surface area contributed by atoms with Crippen LogP contribution in [0.5, 0.6) is 0 Å². The number of rotatable bonds is 3. The first-order valence-corrected chi connectivity index (χ1v) is 12.1. The Bertz CT molecular complexity index is 1050. The first-order valence-electron chi connectivity index (χ1n) is 12.1. The molecule has 3 aliphatic rings. The molecule has 33 heavy (non-hydrogen) atoms. The van der Waals surface area contributed by atoms with Crippen molar-refractivity contribution in [3.8, 4) is 0 Å². The smallest absolute Gasteiger partial charge is 0.150 e. The number of nitrogens with zero attached hydrogens (tertiary/aromatic N) is 1. The van der Waals surface area contributed by atoms with Crippen molar-refractivity contribution in [3.05, 3.63) is 65.1 Å². The number of carbonyl (C=O) groups is 1. The van der Waals surface area contributed by atoms with Crippen LogP contribution in [0.15, 0.2) is 53.8 Å². The highest BCUT2D eigenvalue weighted by Gasteiger charge is 2.61. The van der Waals surface area contributed by atoms with Gasteiger partial charge in [0, 0.05) is 23.6 Å². The van der Waals surface area contributed by atoms with Crippen LogP contribution in [0.2, 0.25) is 0 Å². The van der Waals surface area contributed by atoms with Crippen molar-refractivity contribution in [1.82, 2.24) is 5.01 Å². The van der Waals surface area contributed by atoms with E-state index in [4.69, 9.17) is 11.6 Å². The predicted molar refractivity (Wildman–Crippen MR) is 132 cm³/mol. The van der Waals surface area contributed by atoms with Gasteiger partial charge < -0.3 is 10.7 Å². The van der Waals surface area contributed by atoms with Gasteiger partial charge >= 0.3 is 0 Å². The molecule has 6 atom stereocenters. The van der Waals surface area contributed by atoms with Crippen molar-refractivity contribution in [2.45, 2.75) is 60.4 Å². The van der Waals surface area contributed by atoms with E-state index in [0.717, 1.165) is 18.4 Å². The molecule has 178 valence electrons. The molecule has 0 aliphatic heterocycles. The molecule has 5 heteroatoms. The lowest BCUT2D eigenvalue weighted by atomic mass is 9.62. The maximum atomic E-state index is 14.3. The molecule has 4 rings (SSSR count). The predicted octanol–water partition coefficient (Wildman–Crippen LogP) is 5.43. The normalized spacial score (nSPS) is 35.8. The summed E-state index contributed by atoms with van der Waals surface area (Å²) in [6, 6.07) is 6.05. The zero-order valence-electron chi connectivity index (χ0n) is 20.7. The molecule has 2 bridgehead atoms. The molecule has 0 saturated heterocycles. The Balaban J connectivity index is 1.78. The summed E-state index contributed by atoms with van der Waals surface area (Å²) in [5.41, 5.74) is 9.01. The fourth-order valence-electron chi connectivity index (χ4n) is 6.79. The van der Waals surface area contributed by atoms with Gasteiger partial charge in [-0.05, 0) is 56.1 Å². The minimum atomic E-state index is -0.547. The second-order valence-corrected chi connectivity index (χ2v) is 11.3. The molecule has 0 aromatic heterocycles. The molecular formula is C28H38FN3O. The third-order valence-corrected chi connectivity index (χ3v) is 8.99. The maximum Gasteiger partial charge on any atom is 0.150 e. The average molecular weight is 452 g/mol. The van der Waals surface area contributed by atoms with Crippen molar-refractivity contribution >= 4 is 11.5 Å².